The number of amides is 1. The van der Waals surface area contributed by atoms with Crippen molar-refractivity contribution in [2.75, 3.05) is 26.0 Å². The monoisotopic (exact) mass is 645 g/mol. The standard InChI is InChI=1S/C34H27F4N3O2.2CH2O/c1-39-33(42)31-27-17-26(29(40(2)3)18-30(27)43-32(31)22-8-12-25(35)13-9-22)23-7-6-21-14-15-41(28(21)16-23)19-20-4-10-24(11-5-20)34(36,37)38;2*1-2/h4-18H,19H2,1-3H3,(H,39,42);2*1H2. The zero-order chi connectivity index (χ0) is 34.5. The number of fused-ring (bicyclic) bond motifs is 2. The minimum atomic E-state index is -4.38. The molecule has 242 valence electrons. The molecular weight excluding hydrogens is 614 g/mol. The van der Waals surface area contributed by atoms with Crippen LogP contribution in [-0.4, -0.2) is 45.2 Å². The van der Waals surface area contributed by atoms with E-state index in [9.17, 15) is 22.4 Å². The second kappa shape index (κ2) is 14.2. The number of aromatic nitrogens is 1. The third-order valence-corrected chi connectivity index (χ3v) is 7.57. The Balaban J connectivity index is 0.00000120. The van der Waals surface area contributed by atoms with Crippen LogP contribution in [0.4, 0.5) is 23.2 Å². The van der Waals surface area contributed by atoms with E-state index in [1.54, 1.807) is 19.2 Å². The smallest absolute Gasteiger partial charge is 0.416 e. The molecule has 6 rings (SSSR count). The SMILES string of the molecule is C=O.C=O.CNC(=O)c1c(-c2ccc(F)cc2)oc2cc(N(C)C)c(-c3ccc4ccn(Cc5ccc(C(F)(F)F)cc5)c4c3)cc12. The highest BCUT2D eigenvalue weighted by atomic mass is 19.4. The number of carbonyl (C=O) groups is 3. The molecule has 0 spiro atoms. The fraction of sp³-hybridized carbons (Fsp3) is 0.139. The number of anilines is 1. The number of furan rings is 1. The van der Waals surface area contributed by atoms with Gasteiger partial charge in [-0.05, 0) is 71.1 Å². The summed E-state index contributed by atoms with van der Waals surface area (Å²) in [5, 5.41) is 4.28. The Kier molecular flexibility index (Phi) is 10.3. The largest absolute Gasteiger partial charge is 0.455 e. The van der Waals surface area contributed by atoms with Gasteiger partial charge < -0.3 is 28.8 Å². The van der Waals surface area contributed by atoms with E-state index in [4.69, 9.17) is 14.0 Å². The topological polar surface area (TPSA) is 84.5 Å². The number of carbonyl (C=O) groups excluding carboxylic acids is 3. The summed E-state index contributed by atoms with van der Waals surface area (Å²) in [5.41, 5.74) is 5.01. The van der Waals surface area contributed by atoms with E-state index in [-0.39, 0.29) is 5.91 Å². The molecule has 4 aromatic carbocycles. The Morgan fingerprint density at radius 2 is 1.51 bits per heavy atom. The van der Waals surface area contributed by atoms with E-state index in [1.807, 2.05) is 79.7 Å². The molecule has 0 aliphatic rings. The summed E-state index contributed by atoms with van der Waals surface area (Å²) in [6.45, 7) is 4.40. The summed E-state index contributed by atoms with van der Waals surface area (Å²) in [5.74, 6) is -0.378. The van der Waals surface area contributed by atoms with Crippen molar-refractivity contribution in [3.8, 4) is 22.5 Å². The molecule has 2 aromatic heterocycles. The van der Waals surface area contributed by atoms with Crippen molar-refractivity contribution in [1.29, 1.82) is 0 Å². The molecule has 0 aliphatic heterocycles. The molecule has 1 amide bonds. The van der Waals surface area contributed by atoms with Crippen LogP contribution < -0.4 is 10.2 Å². The Morgan fingerprint density at radius 1 is 0.872 bits per heavy atom. The van der Waals surface area contributed by atoms with Crippen molar-refractivity contribution < 1.29 is 36.4 Å². The summed E-state index contributed by atoms with van der Waals surface area (Å²) >= 11 is 0. The van der Waals surface area contributed by atoms with Crippen LogP contribution in [-0.2, 0) is 22.3 Å². The normalized spacial score (nSPS) is 11.0. The quantitative estimate of drug-likeness (QED) is 0.186. The van der Waals surface area contributed by atoms with Gasteiger partial charge in [0.25, 0.3) is 5.91 Å². The minimum Gasteiger partial charge on any atom is -0.455 e. The predicted molar refractivity (Wildman–Crippen MR) is 175 cm³/mol. The first-order valence-corrected chi connectivity index (χ1v) is 14.1. The molecule has 0 atom stereocenters. The van der Waals surface area contributed by atoms with Gasteiger partial charge in [0.15, 0.2) is 0 Å². The molecule has 0 bridgehead atoms. The van der Waals surface area contributed by atoms with Gasteiger partial charge in [0.2, 0.25) is 0 Å². The second-order valence-corrected chi connectivity index (χ2v) is 10.6. The first-order valence-electron chi connectivity index (χ1n) is 14.1. The highest BCUT2D eigenvalue weighted by Gasteiger charge is 2.30. The summed E-state index contributed by atoms with van der Waals surface area (Å²) in [6, 6.07) is 22.8. The van der Waals surface area contributed by atoms with Crippen LogP contribution in [0.5, 0.6) is 0 Å². The van der Waals surface area contributed by atoms with Gasteiger partial charge in [-0.3, -0.25) is 4.79 Å². The van der Waals surface area contributed by atoms with Gasteiger partial charge in [-0.25, -0.2) is 4.39 Å². The molecule has 0 aliphatic carbocycles. The summed E-state index contributed by atoms with van der Waals surface area (Å²) in [4.78, 5) is 31.1. The number of nitrogens with zero attached hydrogens (tertiary/aromatic N) is 2. The summed E-state index contributed by atoms with van der Waals surface area (Å²) < 4.78 is 61.0. The number of hydrogen-bond donors (Lipinski definition) is 1. The number of benzene rings is 4. The molecule has 0 unspecified atom stereocenters. The third-order valence-electron chi connectivity index (χ3n) is 7.57. The Hall–Kier alpha value is -5.71. The number of hydrogen-bond acceptors (Lipinski definition) is 5. The summed E-state index contributed by atoms with van der Waals surface area (Å²) in [7, 11) is 5.38. The van der Waals surface area contributed by atoms with Crippen molar-refractivity contribution in [3.05, 3.63) is 114 Å². The second-order valence-electron chi connectivity index (χ2n) is 10.6. The lowest BCUT2D eigenvalue weighted by atomic mass is 9.97. The van der Waals surface area contributed by atoms with Crippen LogP contribution in [0.2, 0.25) is 0 Å². The molecule has 1 N–H and O–H groups in total. The van der Waals surface area contributed by atoms with Crippen molar-refractivity contribution in [3.63, 3.8) is 0 Å². The van der Waals surface area contributed by atoms with Gasteiger partial charge in [0, 0.05) is 67.7 Å². The van der Waals surface area contributed by atoms with Crippen LogP contribution in [0.3, 0.4) is 0 Å². The van der Waals surface area contributed by atoms with Crippen LogP contribution in [0, 0.1) is 5.82 Å². The van der Waals surface area contributed by atoms with E-state index >= 15 is 0 Å². The molecule has 2 heterocycles. The van der Waals surface area contributed by atoms with Crippen LogP contribution >= 0.6 is 0 Å². The molecule has 6 aromatic rings. The van der Waals surface area contributed by atoms with Crippen LogP contribution in [0.25, 0.3) is 44.3 Å². The summed E-state index contributed by atoms with van der Waals surface area (Å²) in [6.07, 6.45) is -2.47. The van der Waals surface area contributed by atoms with E-state index in [2.05, 4.69) is 5.32 Å². The number of halogens is 4. The molecular formula is C36H31F4N3O4. The van der Waals surface area contributed by atoms with Gasteiger partial charge >= 0.3 is 6.18 Å². The fourth-order valence-electron chi connectivity index (χ4n) is 5.37. The molecule has 0 radical (unpaired) electrons. The van der Waals surface area contributed by atoms with Gasteiger partial charge in [-0.2, -0.15) is 13.2 Å². The number of nitrogens with one attached hydrogen (secondary N) is 1. The molecule has 0 fully saturated rings. The lowest BCUT2D eigenvalue weighted by Crippen LogP contribution is -2.18. The van der Waals surface area contributed by atoms with E-state index in [1.165, 1.54) is 24.3 Å². The lowest BCUT2D eigenvalue weighted by Gasteiger charge is -2.18. The van der Waals surface area contributed by atoms with Crippen molar-refractivity contribution >= 4 is 47.0 Å². The van der Waals surface area contributed by atoms with Crippen molar-refractivity contribution in [1.82, 2.24) is 9.88 Å². The predicted octanol–water partition coefficient (Wildman–Crippen LogP) is 7.98. The number of rotatable bonds is 6. The van der Waals surface area contributed by atoms with Crippen LogP contribution in [0.1, 0.15) is 21.5 Å². The van der Waals surface area contributed by atoms with E-state index in [0.717, 1.165) is 45.4 Å². The first kappa shape index (κ1) is 34.2. The Morgan fingerprint density at radius 3 is 2.11 bits per heavy atom. The van der Waals surface area contributed by atoms with Gasteiger partial charge in [0.05, 0.1) is 11.1 Å². The average molecular weight is 646 g/mol. The maximum Gasteiger partial charge on any atom is 0.416 e. The fourth-order valence-corrected chi connectivity index (χ4v) is 5.37. The van der Waals surface area contributed by atoms with Gasteiger partial charge in [-0.15, -0.1) is 0 Å². The zero-order valence-electron chi connectivity index (χ0n) is 25.8. The van der Waals surface area contributed by atoms with Gasteiger partial charge in [0.1, 0.15) is 30.7 Å². The van der Waals surface area contributed by atoms with Crippen molar-refractivity contribution in [2.45, 2.75) is 12.7 Å². The first-order chi connectivity index (χ1) is 22.5. The Bertz CT molecular complexity index is 2010. The third kappa shape index (κ3) is 6.94. The molecule has 0 saturated carbocycles. The maximum atomic E-state index is 13.7. The molecule has 11 heteroatoms. The molecule has 47 heavy (non-hydrogen) atoms. The minimum absolute atomic E-state index is 0.331. The highest BCUT2D eigenvalue weighted by Crippen LogP contribution is 2.41. The average Bonchev–Trinajstić information content (AvgIpc) is 3.66. The molecule has 0 saturated heterocycles. The van der Waals surface area contributed by atoms with E-state index < -0.39 is 17.6 Å². The molecule has 7 nitrogen and oxygen atoms in total. The van der Waals surface area contributed by atoms with E-state index in [0.29, 0.717) is 34.4 Å². The Labute approximate surface area is 268 Å². The lowest BCUT2D eigenvalue weighted by molar-refractivity contribution is -0.137. The van der Waals surface area contributed by atoms with Gasteiger partial charge in [-0.1, -0.05) is 24.3 Å². The highest BCUT2D eigenvalue weighted by molar-refractivity contribution is 6.13. The number of alkyl halides is 3. The van der Waals surface area contributed by atoms with Crippen LogP contribution in [0.15, 0.2) is 95.5 Å². The maximum absolute atomic E-state index is 13.7. The van der Waals surface area contributed by atoms with Crippen molar-refractivity contribution in [2.24, 2.45) is 0 Å². The zero-order valence-corrected chi connectivity index (χ0v) is 25.8.